The summed E-state index contributed by atoms with van der Waals surface area (Å²) in [4.78, 5) is 68.4. The minimum atomic E-state index is -4.72. The average molecular weight is 604 g/mol. The smallest absolute Gasteiger partial charge is 0.409 e. The zero-order valence-electron chi connectivity index (χ0n) is 24.0. The Morgan fingerprint density at radius 2 is 1.86 bits per heavy atom. The van der Waals surface area contributed by atoms with Crippen molar-refractivity contribution < 1.29 is 38.2 Å². The molecule has 2 aliphatic heterocycles. The summed E-state index contributed by atoms with van der Waals surface area (Å²) in [6.07, 6.45) is -0.504. The van der Waals surface area contributed by atoms with Gasteiger partial charge in [-0.3, -0.25) is 14.2 Å². The molecule has 3 amide bonds. The van der Waals surface area contributed by atoms with Crippen molar-refractivity contribution in [3.63, 3.8) is 0 Å². The highest BCUT2D eigenvalue weighted by molar-refractivity contribution is 7.51. The molecule has 228 valence electrons. The molecule has 13 nitrogen and oxygen atoms in total. The first-order chi connectivity index (χ1) is 20.0. The molecule has 3 atom stereocenters. The number of aromatic nitrogens is 1. The highest BCUT2D eigenvalue weighted by Gasteiger charge is 2.37. The Balaban J connectivity index is 1.59. The summed E-state index contributed by atoms with van der Waals surface area (Å²) in [7, 11) is -3.06. The van der Waals surface area contributed by atoms with Crippen LogP contribution < -0.4 is 10.2 Å². The van der Waals surface area contributed by atoms with E-state index in [0.29, 0.717) is 18.8 Å². The van der Waals surface area contributed by atoms with Gasteiger partial charge in [0.2, 0.25) is 5.91 Å². The molecule has 0 bridgehead atoms. The number of carbonyl (C=O) groups is 3. The van der Waals surface area contributed by atoms with Gasteiger partial charge in [0.25, 0.3) is 5.91 Å². The Labute approximate surface area is 244 Å². The van der Waals surface area contributed by atoms with E-state index in [0.717, 1.165) is 17.7 Å². The maximum atomic E-state index is 13.6. The molecule has 3 unspecified atom stereocenters. The third-order valence-electron chi connectivity index (χ3n) is 7.42. The molecule has 1 aromatic heterocycles. The van der Waals surface area contributed by atoms with Gasteiger partial charge in [0.15, 0.2) is 0 Å². The van der Waals surface area contributed by atoms with Gasteiger partial charge in [-0.15, -0.1) is 0 Å². The zero-order chi connectivity index (χ0) is 30.4. The van der Waals surface area contributed by atoms with E-state index in [1.165, 1.54) is 9.80 Å². The van der Waals surface area contributed by atoms with Gasteiger partial charge < -0.3 is 39.3 Å². The molecule has 1 aromatic carbocycles. The largest absolute Gasteiger partial charge is 0.450 e. The molecule has 3 N–H and O–H groups in total. The van der Waals surface area contributed by atoms with Crippen LogP contribution in [0.3, 0.4) is 0 Å². The number of carbonyl (C=O) groups excluding carboxylic acids is 3. The maximum Gasteiger partial charge on any atom is 0.409 e. The Kier molecular flexibility index (Phi) is 10.2. The fraction of sp³-hybridized carbons (Fsp3) is 0.500. The molecule has 2 aromatic rings. The number of hydrogen-bond acceptors (Lipinski definition) is 8. The van der Waals surface area contributed by atoms with Gasteiger partial charge >= 0.3 is 13.7 Å². The molecule has 2 fully saturated rings. The highest BCUT2D eigenvalue weighted by Crippen LogP contribution is 2.36. The number of hydrogen-bond donors (Lipinski definition) is 3. The molecular weight excluding hydrogens is 565 g/mol. The van der Waals surface area contributed by atoms with Gasteiger partial charge in [-0.1, -0.05) is 30.3 Å². The SMILES string of the molecule is CCOC(=O)N1CCN(C(=O)C(CP(=O)(O)O)NC(=O)c2cc(N3CCC(OC)C3)cc(-c3ccccc3)n2)C(C)C1. The lowest BCUT2D eigenvalue weighted by Gasteiger charge is -2.40. The number of benzene rings is 1. The second-order valence-electron chi connectivity index (χ2n) is 10.5. The zero-order valence-corrected chi connectivity index (χ0v) is 24.9. The molecule has 0 aliphatic carbocycles. The average Bonchev–Trinajstić information content (AvgIpc) is 3.46. The van der Waals surface area contributed by atoms with Gasteiger partial charge in [0, 0.05) is 57.1 Å². The predicted molar refractivity (Wildman–Crippen MR) is 155 cm³/mol. The minimum Gasteiger partial charge on any atom is -0.450 e. The number of ether oxygens (including phenoxy) is 2. The van der Waals surface area contributed by atoms with Gasteiger partial charge in [-0.25, -0.2) is 9.78 Å². The van der Waals surface area contributed by atoms with Gasteiger partial charge in [-0.2, -0.15) is 0 Å². The van der Waals surface area contributed by atoms with Crippen LogP contribution in [0.2, 0.25) is 0 Å². The van der Waals surface area contributed by atoms with Crippen LogP contribution in [-0.2, 0) is 18.8 Å². The number of nitrogens with zero attached hydrogens (tertiary/aromatic N) is 4. The number of pyridine rings is 1. The van der Waals surface area contributed by atoms with E-state index in [1.807, 2.05) is 36.4 Å². The predicted octanol–water partition coefficient (Wildman–Crippen LogP) is 1.94. The summed E-state index contributed by atoms with van der Waals surface area (Å²) in [6, 6.07) is 10.8. The number of amides is 3. The van der Waals surface area contributed by atoms with Crippen molar-refractivity contribution in [1.82, 2.24) is 20.1 Å². The Morgan fingerprint density at radius 1 is 1.12 bits per heavy atom. The van der Waals surface area contributed by atoms with E-state index >= 15 is 0 Å². The molecule has 3 heterocycles. The van der Waals surface area contributed by atoms with Crippen LogP contribution in [0, 0.1) is 0 Å². The van der Waals surface area contributed by atoms with Crippen molar-refractivity contribution in [2.24, 2.45) is 0 Å². The molecule has 14 heteroatoms. The lowest BCUT2D eigenvalue weighted by molar-refractivity contribution is -0.137. The van der Waals surface area contributed by atoms with Crippen molar-refractivity contribution in [1.29, 1.82) is 0 Å². The van der Waals surface area contributed by atoms with E-state index in [4.69, 9.17) is 9.47 Å². The third kappa shape index (κ3) is 7.86. The lowest BCUT2D eigenvalue weighted by atomic mass is 10.1. The fourth-order valence-electron chi connectivity index (χ4n) is 5.25. The molecule has 4 rings (SSSR count). The minimum absolute atomic E-state index is 0.0101. The van der Waals surface area contributed by atoms with Crippen molar-refractivity contribution in [2.75, 3.05) is 57.5 Å². The first-order valence-electron chi connectivity index (χ1n) is 13.9. The summed E-state index contributed by atoms with van der Waals surface area (Å²) in [5, 5.41) is 2.54. The van der Waals surface area contributed by atoms with Crippen LogP contribution in [0.25, 0.3) is 11.3 Å². The standard InChI is InChI=1S/C28H38N5O8P/c1-4-41-28(36)32-12-13-33(19(2)16-32)27(35)25(18-42(37,38)39)30-26(34)24-15-21(31-11-10-22(17-31)40-3)14-23(29-24)20-8-6-5-7-9-20/h5-9,14-15,19,22,25H,4,10-13,16-18H2,1-3H3,(H,30,34)(H2,37,38,39). The monoisotopic (exact) mass is 603 g/mol. The van der Waals surface area contributed by atoms with Crippen molar-refractivity contribution in [3.05, 3.63) is 48.2 Å². The second-order valence-corrected chi connectivity index (χ2v) is 12.1. The van der Waals surface area contributed by atoms with Gasteiger partial charge in [0.1, 0.15) is 11.7 Å². The number of piperazine rings is 1. The number of rotatable bonds is 9. The summed E-state index contributed by atoms with van der Waals surface area (Å²) in [5.74, 6) is -1.38. The van der Waals surface area contributed by atoms with E-state index in [1.54, 1.807) is 27.0 Å². The molecular formula is C28H38N5O8P. The van der Waals surface area contributed by atoms with Gasteiger partial charge in [0.05, 0.1) is 24.6 Å². The number of methoxy groups -OCH3 is 1. The topological polar surface area (TPSA) is 162 Å². The van der Waals surface area contributed by atoms with Crippen LogP contribution in [0.5, 0.6) is 0 Å². The number of anilines is 1. The van der Waals surface area contributed by atoms with Crippen molar-refractivity contribution >= 4 is 31.2 Å². The summed E-state index contributed by atoms with van der Waals surface area (Å²) < 4.78 is 22.6. The fourth-order valence-corrected chi connectivity index (χ4v) is 5.97. The van der Waals surface area contributed by atoms with Gasteiger partial charge in [-0.05, 0) is 32.4 Å². The summed E-state index contributed by atoms with van der Waals surface area (Å²) in [5.41, 5.74) is 2.08. The van der Waals surface area contributed by atoms with E-state index in [9.17, 15) is 28.7 Å². The lowest BCUT2D eigenvalue weighted by Crippen LogP contribution is -2.60. The second kappa shape index (κ2) is 13.6. The third-order valence-corrected chi connectivity index (χ3v) is 8.26. The maximum absolute atomic E-state index is 13.6. The van der Waals surface area contributed by atoms with Crippen molar-refractivity contribution in [3.8, 4) is 11.3 Å². The Morgan fingerprint density at radius 3 is 2.48 bits per heavy atom. The molecule has 0 saturated carbocycles. The highest BCUT2D eigenvalue weighted by atomic mass is 31.2. The van der Waals surface area contributed by atoms with E-state index < -0.39 is 43.7 Å². The summed E-state index contributed by atoms with van der Waals surface area (Å²) in [6.45, 7) is 5.48. The molecule has 0 spiro atoms. The molecule has 2 saturated heterocycles. The first kappa shape index (κ1) is 31.4. The molecule has 2 aliphatic rings. The van der Waals surface area contributed by atoms with Crippen LogP contribution in [0.1, 0.15) is 30.8 Å². The Bertz CT molecular complexity index is 1320. The van der Waals surface area contributed by atoms with Crippen LogP contribution in [-0.4, -0.2) is 113 Å². The number of nitrogens with one attached hydrogen (secondary N) is 1. The van der Waals surface area contributed by atoms with Crippen LogP contribution >= 0.6 is 7.60 Å². The van der Waals surface area contributed by atoms with E-state index in [-0.39, 0.29) is 38.0 Å². The van der Waals surface area contributed by atoms with Crippen LogP contribution in [0.4, 0.5) is 10.5 Å². The molecule has 42 heavy (non-hydrogen) atoms. The van der Waals surface area contributed by atoms with E-state index in [2.05, 4.69) is 15.2 Å². The van der Waals surface area contributed by atoms with Crippen LogP contribution in [0.15, 0.2) is 42.5 Å². The first-order valence-corrected chi connectivity index (χ1v) is 15.7. The molecule has 0 radical (unpaired) electrons. The Hall–Kier alpha value is -3.51. The summed E-state index contributed by atoms with van der Waals surface area (Å²) >= 11 is 0. The quantitative estimate of drug-likeness (QED) is 0.361. The van der Waals surface area contributed by atoms with Crippen molar-refractivity contribution in [2.45, 2.75) is 38.5 Å². The normalized spacial score (nSPS) is 19.9.